The standard InChI is InChI=1S/C20H36BNO5/c1-9-10-11-15(21-26-18(5,6)19(7,8)27-21)20(12-14(23)13-20)22-16(24)25-17(2,3)4/h15H,9-13H2,1-8H3,(H,22,24). The third-order valence-corrected chi connectivity index (χ3v) is 5.95. The molecule has 1 atom stereocenters. The largest absolute Gasteiger partial charge is 0.463 e. The summed E-state index contributed by atoms with van der Waals surface area (Å²) in [5, 5.41) is 3.02. The van der Waals surface area contributed by atoms with Gasteiger partial charge in [-0.1, -0.05) is 19.8 Å². The topological polar surface area (TPSA) is 73.9 Å². The van der Waals surface area contributed by atoms with Crippen molar-refractivity contribution in [3.63, 3.8) is 0 Å². The minimum atomic E-state index is -0.671. The summed E-state index contributed by atoms with van der Waals surface area (Å²) in [5.74, 6) is 0.0350. The van der Waals surface area contributed by atoms with Crippen molar-refractivity contribution in [2.75, 3.05) is 0 Å². The predicted molar refractivity (Wildman–Crippen MR) is 106 cm³/mol. The van der Waals surface area contributed by atoms with Crippen LogP contribution in [0.3, 0.4) is 0 Å². The van der Waals surface area contributed by atoms with Gasteiger partial charge in [-0.15, -0.1) is 0 Å². The van der Waals surface area contributed by atoms with Gasteiger partial charge in [0.1, 0.15) is 11.4 Å². The third kappa shape index (κ3) is 4.86. The van der Waals surface area contributed by atoms with Crippen LogP contribution in [0, 0.1) is 0 Å². The zero-order chi connectivity index (χ0) is 20.7. The Hall–Kier alpha value is -1.08. The maximum Gasteiger partial charge on any atom is 0.463 e. The van der Waals surface area contributed by atoms with E-state index in [1.807, 2.05) is 48.5 Å². The number of Topliss-reactive ketones (excluding diaryl/α,β-unsaturated/α-hetero) is 1. The van der Waals surface area contributed by atoms with E-state index in [4.69, 9.17) is 14.0 Å². The van der Waals surface area contributed by atoms with Gasteiger partial charge in [-0.3, -0.25) is 4.79 Å². The van der Waals surface area contributed by atoms with E-state index in [1.165, 1.54) is 0 Å². The van der Waals surface area contributed by atoms with Crippen LogP contribution in [0.1, 0.15) is 87.5 Å². The van der Waals surface area contributed by atoms with Crippen molar-refractivity contribution in [2.45, 2.75) is 116 Å². The molecule has 1 heterocycles. The fraction of sp³-hybridized carbons (Fsp3) is 0.900. The van der Waals surface area contributed by atoms with Gasteiger partial charge in [-0.05, 0) is 54.9 Å². The van der Waals surface area contributed by atoms with Crippen LogP contribution in [-0.2, 0) is 18.8 Å². The van der Waals surface area contributed by atoms with Crippen molar-refractivity contribution < 1.29 is 23.6 Å². The van der Waals surface area contributed by atoms with E-state index in [0.717, 1.165) is 19.3 Å². The molecule has 27 heavy (non-hydrogen) atoms. The zero-order valence-electron chi connectivity index (χ0n) is 18.2. The van der Waals surface area contributed by atoms with E-state index in [0.29, 0.717) is 12.8 Å². The van der Waals surface area contributed by atoms with Crippen LogP contribution < -0.4 is 5.32 Å². The molecular weight excluding hydrogens is 345 g/mol. The second-order valence-corrected chi connectivity index (χ2v) is 10.0. The summed E-state index contributed by atoms with van der Waals surface area (Å²) in [5.41, 5.74) is -2.18. The van der Waals surface area contributed by atoms with E-state index in [2.05, 4.69) is 12.2 Å². The molecule has 1 saturated carbocycles. The highest BCUT2D eigenvalue weighted by atomic mass is 16.7. The van der Waals surface area contributed by atoms with Crippen LogP contribution in [0.5, 0.6) is 0 Å². The molecule has 1 aliphatic carbocycles. The SMILES string of the molecule is CCCCC(B1OC(C)(C)C(C)(C)O1)C1(NC(=O)OC(C)(C)C)CC(=O)C1. The van der Waals surface area contributed by atoms with E-state index in [9.17, 15) is 9.59 Å². The number of carbonyl (C=O) groups is 2. The monoisotopic (exact) mass is 381 g/mol. The quantitative estimate of drug-likeness (QED) is 0.696. The minimum Gasteiger partial charge on any atom is -0.444 e. The number of hydrogen-bond donors (Lipinski definition) is 1. The molecule has 7 heteroatoms. The van der Waals surface area contributed by atoms with Crippen LogP contribution in [0.25, 0.3) is 0 Å². The number of rotatable bonds is 6. The van der Waals surface area contributed by atoms with E-state index in [-0.39, 0.29) is 11.6 Å². The number of amides is 1. The van der Waals surface area contributed by atoms with Gasteiger partial charge in [0.2, 0.25) is 0 Å². The Morgan fingerprint density at radius 3 is 2.11 bits per heavy atom. The van der Waals surface area contributed by atoms with Crippen LogP contribution >= 0.6 is 0 Å². The van der Waals surface area contributed by atoms with Crippen LogP contribution in [0.4, 0.5) is 4.79 Å². The average Bonchev–Trinajstić information content (AvgIpc) is 2.63. The van der Waals surface area contributed by atoms with Gasteiger partial charge in [0.15, 0.2) is 0 Å². The van der Waals surface area contributed by atoms with Gasteiger partial charge in [0.25, 0.3) is 0 Å². The van der Waals surface area contributed by atoms with E-state index in [1.54, 1.807) is 0 Å². The molecule has 0 radical (unpaired) electrons. The summed E-state index contributed by atoms with van der Waals surface area (Å²) in [6.45, 7) is 15.7. The molecule has 2 rings (SSSR count). The Kier molecular flexibility index (Phi) is 6.08. The maximum atomic E-state index is 12.5. The maximum absolute atomic E-state index is 12.5. The lowest BCUT2D eigenvalue weighted by Crippen LogP contribution is -2.63. The van der Waals surface area contributed by atoms with Gasteiger partial charge >= 0.3 is 13.2 Å². The highest BCUT2D eigenvalue weighted by molar-refractivity contribution is 6.48. The molecule has 6 nitrogen and oxygen atoms in total. The first kappa shape index (κ1) is 22.2. The number of alkyl carbamates (subject to hydrolysis) is 1. The molecule has 1 amide bonds. The molecule has 1 aliphatic heterocycles. The molecule has 1 unspecified atom stereocenters. The average molecular weight is 381 g/mol. The first-order chi connectivity index (χ1) is 12.2. The summed E-state index contributed by atoms with van der Waals surface area (Å²) in [4.78, 5) is 24.5. The highest BCUT2D eigenvalue weighted by Gasteiger charge is 2.61. The van der Waals surface area contributed by atoms with Gasteiger partial charge in [-0.2, -0.15) is 0 Å². The number of carbonyl (C=O) groups excluding carboxylic acids is 2. The number of ether oxygens (including phenoxy) is 1. The first-order valence-electron chi connectivity index (χ1n) is 10.1. The van der Waals surface area contributed by atoms with Crippen molar-refractivity contribution in [2.24, 2.45) is 0 Å². The Morgan fingerprint density at radius 1 is 1.19 bits per heavy atom. The van der Waals surface area contributed by atoms with Crippen LogP contribution in [0.15, 0.2) is 0 Å². The summed E-state index contributed by atoms with van der Waals surface area (Å²) < 4.78 is 18.1. The fourth-order valence-corrected chi connectivity index (χ4v) is 3.75. The molecular formula is C20H36BNO5. The molecule has 2 aliphatic rings. The summed E-state index contributed by atoms with van der Waals surface area (Å²) in [7, 11) is -0.468. The van der Waals surface area contributed by atoms with Crippen molar-refractivity contribution >= 4 is 19.0 Å². The van der Waals surface area contributed by atoms with Crippen molar-refractivity contribution in [3.8, 4) is 0 Å². The second kappa shape index (κ2) is 7.39. The Labute approximate surface area is 164 Å². The van der Waals surface area contributed by atoms with Crippen LogP contribution in [0.2, 0.25) is 5.82 Å². The highest BCUT2D eigenvalue weighted by Crippen LogP contribution is 2.49. The number of hydrogen-bond acceptors (Lipinski definition) is 5. The summed E-state index contributed by atoms with van der Waals surface area (Å²) in [6, 6.07) is 0. The third-order valence-electron chi connectivity index (χ3n) is 5.95. The van der Waals surface area contributed by atoms with Crippen molar-refractivity contribution in [1.29, 1.82) is 0 Å². The van der Waals surface area contributed by atoms with Gasteiger partial charge in [0.05, 0.1) is 16.7 Å². The normalized spacial score (nSPS) is 24.3. The molecule has 0 aromatic carbocycles. The Bertz CT molecular complexity index is 557. The second-order valence-electron chi connectivity index (χ2n) is 10.0. The molecule has 1 saturated heterocycles. The number of ketones is 1. The molecule has 2 fully saturated rings. The molecule has 154 valence electrons. The Morgan fingerprint density at radius 2 is 1.70 bits per heavy atom. The molecule has 0 spiro atoms. The van der Waals surface area contributed by atoms with E-state index < -0.39 is 35.6 Å². The lowest BCUT2D eigenvalue weighted by Gasteiger charge is -2.47. The molecule has 0 aromatic heterocycles. The van der Waals surface area contributed by atoms with Gasteiger partial charge in [0, 0.05) is 18.7 Å². The predicted octanol–water partition coefficient (Wildman–Crippen LogP) is 4.27. The zero-order valence-corrected chi connectivity index (χ0v) is 18.2. The summed E-state index contributed by atoms with van der Waals surface area (Å²) in [6.07, 6.45) is 2.91. The molecule has 0 bridgehead atoms. The number of unbranched alkanes of at least 4 members (excludes halogenated alkanes) is 1. The van der Waals surface area contributed by atoms with Crippen LogP contribution in [-0.4, -0.2) is 41.3 Å². The van der Waals surface area contributed by atoms with E-state index >= 15 is 0 Å². The first-order valence-corrected chi connectivity index (χ1v) is 10.1. The lowest BCUT2D eigenvalue weighted by molar-refractivity contribution is -0.129. The van der Waals surface area contributed by atoms with Gasteiger partial charge < -0.3 is 19.4 Å². The smallest absolute Gasteiger partial charge is 0.444 e. The minimum absolute atomic E-state index is 0.108. The van der Waals surface area contributed by atoms with Crippen molar-refractivity contribution in [1.82, 2.24) is 5.32 Å². The molecule has 1 N–H and O–H groups in total. The fourth-order valence-electron chi connectivity index (χ4n) is 3.75. The summed E-state index contributed by atoms with van der Waals surface area (Å²) >= 11 is 0. The molecule has 0 aromatic rings. The van der Waals surface area contributed by atoms with Gasteiger partial charge in [-0.25, -0.2) is 4.79 Å². The Balaban J connectivity index is 2.26. The van der Waals surface area contributed by atoms with Crippen molar-refractivity contribution in [3.05, 3.63) is 0 Å². The lowest BCUT2D eigenvalue weighted by atomic mass is 9.52. The number of nitrogens with one attached hydrogen (secondary N) is 1.